The van der Waals surface area contributed by atoms with E-state index in [2.05, 4.69) is 12.2 Å². The molecule has 0 radical (unpaired) electrons. The van der Waals surface area contributed by atoms with Crippen molar-refractivity contribution in [2.24, 2.45) is 5.73 Å². The highest BCUT2D eigenvalue weighted by Crippen LogP contribution is 2.45. The molecule has 0 amide bonds. The van der Waals surface area contributed by atoms with Gasteiger partial charge in [-0.3, -0.25) is 0 Å². The van der Waals surface area contributed by atoms with Crippen molar-refractivity contribution in [3.8, 4) is 0 Å². The maximum absolute atomic E-state index is 11.0. The SMILES string of the molecule is COC[C@@]12CO[C@@H]([C@H](N)O1)[C@@H]2O[P+](=O)S. The van der Waals surface area contributed by atoms with Gasteiger partial charge in [0.05, 0.1) is 13.2 Å². The number of thiol groups is 1. The van der Waals surface area contributed by atoms with Crippen LogP contribution in [-0.2, 0) is 23.3 Å². The smallest absolute Gasteiger partial charge is 0.381 e. The largest absolute Gasteiger partial charge is 0.582 e. The van der Waals surface area contributed by atoms with Crippen LogP contribution < -0.4 is 5.73 Å². The van der Waals surface area contributed by atoms with Crippen LogP contribution in [0, 0.1) is 0 Å². The number of hydrogen-bond acceptors (Lipinski definition) is 6. The van der Waals surface area contributed by atoms with E-state index in [9.17, 15) is 4.57 Å². The highest BCUT2D eigenvalue weighted by molar-refractivity contribution is 8.39. The maximum Gasteiger partial charge on any atom is 0.582 e. The first-order valence-electron chi connectivity index (χ1n) is 4.46. The minimum atomic E-state index is -2.01. The van der Waals surface area contributed by atoms with Gasteiger partial charge < -0.3 is 19.9 Å². The summed E-state index contributed by atoms with van der Waals surface area (Å²) >= 11 is 3.71. The Kier molecular flexibility index (Phi) is 3.33. The average molecular weight is 254 g/mol. The lowest BCUT2D eigenvalue weighted by Crippen LogP contribution is -2.46. The zero-order valence-corrected chi connectivity index (χ0v) is 9.95. The molecule has 1 unspecified atom stereocenters. The van der Waals surface area contributed by atoms with Crippen LogP contribution in [0.15, 0.2) is 0 Å². The molecule has 2 rings (SSSR count). The lowest BCUT2D eigenvalue weighted by Gasteiger charge is -2.27. The summed E-state index contributed by atoms with van der Waals surface area (Å²) in [5, 5.41) is 0. The molecule has 0 spiro atoms. The number of rotatable bonds is 4. The fourth-order valence-corrected chi connectivity index (χ4v) is 2.88. The van der Waals surface area contributed by atoms with Crippen molar-refractivity contribution < 1.29 is 23.3 Å². The standard InChI is InChI=1S/C7H12NO5PS/c1-10-2-7-3-11-4(6(8)12-7)5(7)13-14(9)15/h4-6H,2-3,8H2,1H3/p+1/t4-,5+,6-,7+/m1/s1. The molecule has 2 fully saturated rings. The first-order valence-corrected chi connectivity index (χ1v) is 6.79. The Morgan fingerprint density at radius 2 is 2.47 bits per heavy atom. The molecule has 0 aliphatic carbocycles. The molecule has 0 aromatic carbocycles. The Balaban J connectivity index is 2.16. The molecule has 15 heavy (non-hydrogen) atoms. The molecule has 2 bridgehead atoms. The highest BCUT2D eigenvalue weighted by Gasteiger charge is 2.64. The van der Waals surface area contributed by atoms with Gasteiger partial charge in [-0.1, -0.05) is 0 Å². The Bertz CT molecular complexity index is 280. The van der Waals surface area contributed by atoms with E-state index in [0.717, 1.165) is 0 Å². The predicted molar refractivity (Wildman–Crippen MR) is 54.9 cm³/mol. The molecule has 0 aromatic rings. The van der Waals surface area contributed by atoms with Crippen LogP contribution in [0.1, 0.15) is 0 Å². The first kappa shape index (κ1) is 11.7. The summed E-state index contributed by atoms with van der Waals surface area (Å²) in [4.78, 5) is 0. The van der Waals surface area contributed by atoms with Crippen molar-refractivity contribution in [3.63, 3.8) is 0 Å². The zero-order valence-electron chi connectivity index (χ0n) is 8.16. The third-order valence-corrected chi connectivity index (χ3v) is 3.31. The van der Waals surface area contributed by atoms with E-state index < -0.39 is 31.3 Å². The quantitative estimate of drug-likeness (QED) is 0.545. The monoisotopic (exact) mass is 254 g/mol. The molecule has 5 atom stereocenters. The summed E-state index contributed by atoms with van der Waals surface area (Å²) < 4.78 is 32.2. The summed E-state index contributed by atoms with van der Waals surface area (Å²) in [6.07, 6.45) is -1.44. The van der Waals surface area contributed by atoms with Gasteiger partial charge in [0.15, 0.2) is 11.7 Å². The van der Waals surface area contributed by atoms with Gasteiger partial charge in [-0.15, -0.1) is 4.52 Å². The van der Waals surface area contributed by atoms with E-state index in [0.29, 0.717) is 13.2 Å². The minimum Gasteiger partial charge on any atom is -0.381 e. The fourth-order valence-electron chi connectivity index (χ4n) is 2.07. The number of nitrogens with two attached hydrogens (primary N) is 1. The molecule has 86 valence electrons. The summed E-state index contributed by atoms with van der Waals surface area (Å²) in [6, 6.07) is 0. The zero-order chi connectivity index (χ0) is 11.1. The van der Waals surface area contributed by atoms with Crippen molar-refractivity contribution in [3.05, 3.63) is 0 Å². The molecule has 2 N–H and O–H groups in total. The van der Waals surface area contributed by atoms with E-state index >= 15 is 0 Å². The predicted octanol–water partition coefficient (Wildman–Crippen LogP) is 0.0578. The number of methoxy groups -OCH3 is 1. The van der Waals surface area contributed by atoms with Gasteiger partial charge in [0.2, 0.25) is 0 Å². The first-order chi connectivity index (χ1) is 7.09. The van der Waals surface area contributed by atoms with Crippen LogP contribution in [0.4, 0.5) is 0 Å². The van der Waals surface area contributed by atoms with Crippen LogP contribution in [0.25, 0.3) is 0 Å². The molecular formula is C7H13NO5PS+. The van der Waals surface area contributed by atoms with Crippen molar-refractivity contribution in [1.29, 1.82) is 0 Å². The van der Waals surface area contributed by atoms with Gasteiger partial charge in [0.25, 0.3) is 0 Å². The van der Waals surface area contributed by atoms with Crippen molar-refractivity contribution >= 4 is 19.5 Å². The molecular weight excluding hydrogens is 241 g/mol. The summed E-state index contributed by atoms with van der Waals surface area (Å²) in [5.74, 6) is 0. The van der Waals surface area contributed by atoms with Crippen LogP contribution >= 0.6 is 19.5 Å². The van der Waals surface area contributed by atoms with Crippen LogP contribution in [0.3, 0.4) is 0 Å². The minimum absolute atomic E-state index is 0.290. The topological polar surface area (TPSA) is 80.0 Å². The molecule has 6 nitrogen and oxygen atoms in total. The van der Waals surface area contributed by atoms with Gasteiger partial charge in [-0.25, -0.2) is 0 Å². The molecule has 2 saturated heterocycles. The van der Waals surface area contributed by atoms with Gasteiger partial charge in [0, 0.05) is 7.11 Å². The van der Waals surface area contributed by atoms with E-state index in [1.54, 1.807) is 7.11 Å². The van der Waals surface area contributed by atoms with Crippen molar-refractivity contribution in [2.75, 3.05) is 20.3 Å². The Hall–Kier alpha value is 0.250. The van der Waals surface area contributed by atoms with Crippen LogP contribution in [0.5, 0.6) is 0 Å². The lowest BCUT2D eigenvalue weighted by molar-refractivity contribution is -0.162. The van der Waals surface area contributed by atoms with Crippen LogP contribution in [-0.4, -0.2) is 44.4 Å². The van der Waals surface area contributed by atoms with Gasteiger partial charge in [-0.2, -0.15) is 0 Å². The Morgan fingerprint density at radius 3 is 3.00 bits per heavy atom. The number of fused-ring (bicyclic) bond motifs is 2. The Morgan fingerprint density at radius 1 is 1.73 bits per heavy atom. The van der Waals surface area contributed by atoms with E-state index in [-0.39, 0.29) is 0 Å². The molecule has 0 aromatic heterocycles. The molecule has 8 heteroatoms. The van der Waals surface area contributed by atoms with Crippen molar-refractivity contribution in [1.82, 2.24) is 0 Å². The highest BCUT2D eigenvalue weighted by atomic mass is 32.7. The third kappa shape index (κ3) is 1.93. The number of ether oxygens (including phenoxy) is 3. The third-order valence-electron chi connectivity index (χ3n) is 2.62. The van der Waals surface area contributed by atoms with Gasteiger partial charge in [-0.05, 0) is 4.57 Å². The van der Waals surface area contributed by atoms with Gasteiger partial charge in [0.1, 0.15) is 24.6 Å². The second-order valence-electron chi connectivity index (χ2n) is 3.62. The summed E-state index contributed by atoms with van der Waals surface area (Å²) in [6.45, 7) is 0.625. The average Bonchev–Trinajstić information content (AvgIpc) is 2.56. The van der Waals surface area contributed by atoms with E-state index in [4.69, 9.17) is 24.5 Å². The molecule has 2 aliphatic rings. The number of hydrogen-bond donors (Lipinski definition) is 2. The maximum atomic E-state index is 11.0. The molecule has 0 saturated carbocycles. The van der Waals surface area contributed by atoms with E-state index in [1.807, 2.05) is 0 Å². The normalized spacial score (nSPS) is 44.7. The molecule has 2 aliphatic heterocycles. The molecule has 2 heterocycles. The second kappa shape index (κ2) is 4.25. The lowest BCUT2D eigenvalue weighted by atomic mass is 10.0. The van der Waals surface area contributed by atoms with Gasteiger partial charge >= 0.3 is 7.23 Å². The summed E-state index contributed by atoms with van der Waals surface area (Å²) in [5.41, 5.74) is 4.96. The Labute approximate surface area is 93.4 Å². The van der Waals surface area contributed by atoms with Crippen LogP contribution in [0.2, 0.25) is 0 Å². The second-order valence-corrected chi connectivity index (χ2v) is 5.29. The van der Waals surface area contributed by atoms with Crippen molar-refractivity contribution in [2.45, 2.75) is 24.0 Å². The summed E-state index contributed by atoms with van der Waals surface area (Å²) in [7, 11) is -0.464. The van der Waals surface area contributed by atoms with E-state index in [1.165, 1.54) is 0 Å². The fraction of sp³-hybridized carbons (Fsp3) is 1.00.